The maximum absolute atomic E-state index is 5.25. The van der Waals surface area contributed by atoms with Gasteiger partial charge in [-0.3, -0.25) is 9.88 Å². The number of hydrogen-bond acceptors (Lipinski definition) is 4. The Morgan fingerprint density at radius 1 is 1.42 bits per heavy atom. The van der Waals surface area contributed by atoms with Crippen molar-refractivity contribution in [3.05, 3.63) is 51.5 Å². The molecule has 0 aliphatic carbocycles. The topological polar surface area (TPSA) is 25.4 Å². The lowest BCUT2D eigenvalue weighted by Gasteiger charge is -2.29. The van der Waals surface area contributed by atoms with Crippen molar-refractivity contribution in [2.75, 3.05) is 13.7 Å². The highest BCUT2D eigenvalue weighted by Gasteiger charge is 2.19. The number of thiophene rings is 1. The first-order valence-corrected chi connectivity index (χ1v) is 7.43. The van der Waals surface area contributed by atoms with Gasteiger partial charge in [0.25, 0.3) is 0 Å². The van der Waals surface area contributed by atoms with Crippen LogP contribution in [0, 0.1) is 0 Å². The van der Waals surface area contributed by atoms with Crippen molar-refractivity contribution < 1.29 is 4.74 Å². The summed E-state index contributed by atoms with van der Waals surface area (Å²) in [6.45, 7) is 3.83. The molecule has 0 fully saturated rings. The monoisotopic (exact) mass is 274 g/mol. The van der Waals surface area contributed by atoms with Crippen LogP contribution in [0.2, 0.25) is 0 Å². The molecule has 100 valence electrons. The van der Waals surface area contributed by atoms with Crippen molar-refractivity contribution in [1.82, 2.24) is 9.88 Å². The minimum atomic E-state index is 0.668. The molecule has 1 aliphatic heterocycles. The summed E-state index contributed by atoms with van der Waals surface area (Å²) in [4.78, 5) is 8.27. The second kappa shape index (κ2) is 5.82. The zero-order chi connectivity index (χ0) is 13.1. The third kappa shape index (κ3) is 2.86. The first kappa shape index (κ1) is 12.8. The maximum atomic E-state index is 5.25. The second-order valence-corrected chi connectivity index (χ2v) is 5.94. The Labute approximate surface area is 117 Å². The molecule has 4 heteroatoms. The summed E-state index contributed by atoms with van der Waals surface area (Å²) in [5, 5.41) is 2.14. The molecule has 0 radical (unpaired) electrons. The molecule has 0 unspecified atom stereocenters. The van der Waals surface area contributed by atoms with Crippen molar-refractivity contribution in [2.24, 2.45) is 0 Å². The molecule has 19 heavy (non-hydrogen) atoms. The summed E-state index contributed by atoms with van der Waals surface area (Å²) >= 11 is 1.83. The Hall–Kier alpha value is -1.23. The van der Waals surface area contributed by atoms with Crippen LogP contribution in [0.25, 0.3) is 0 Å². The van der Waals surface area contributed by atoms with Gasteiger partial charge in [0.05, 0.1) is 6.61 Å². The highest BCUT2D eigenvalue weighted by molar-refractivity contribution is 7.09. The third-order valence-corrected chi connectivity index (χ3v) is 4.43. The Bertz CT molecular complexity index is 539. The number of nitrogens with zero attached hydrogens (tertiary/aromatic N) is 2. The molecule has 0 spiro atoms. The van der Waals surface area contributed by atoms with E-state index in [0.29, 0.717) is 6.61 Å². The number of pyridine rings is 1. The molecule has 2 aromatic rings. The van der Waals surface area contributed by atoms with Gasteiger partial charge in [-0.1, -0.05) is 6.07 Å². The highest BCUT2D eigenvalue weighted by atomic mass is 32.1. The molecule has 0 saturated heterocycles. The summed E-state index contributed by atoms with van der Waals surface area (Å²) in [5.41, 5.74) is 4.05. The van der Waals surface area contributed by atoms with Crippen LogP contribution in [0.1, 0.15) is 21.6 Å². The normalized spacial score (nSPS) is 15.4. The number of hydrogen-bond donors (Lipinski definition) is 0. The molecule has 0 amide bonds. The number of fused-ring (bicyclic) bond motifs is 1. The Morgan fingerprint density at radius 2 is 2.37 bits per heavy atom. The molecular formula is C15H18N2OS. The van der Waals surface area contributed by atoms with Gasteiger partial charge in [0.1, 0.15) is 0 Å². The fourth-order valence-corrected chi connectivity index (χ4v) is 3.41. The molecule has 0 N–H and O–H groups in total. The fraction of sp³-hybridized carbons (Fsp3) is 0.400. The zero-order valence-corrected chi connectivity index (χ0v) is 11.9. The summed E-state index contributed by atoms with van der Waals surface area (Å²) in [6.07, 6.45) is 5.05. The molecular weight excluding hydrogens is 256 g/mol. The van der Waals surface area contributed by atoms with E-state index in [2.05, 4.69) is 27.4 Å². The molecule has 0 aromatic carbocycles. The number of ether oxygens (including phenoxy) is 1. The van der Waals surface area contributed by atoms with Gasteiger partial charge >= 0.3 is 0 Å². The van der Waals surface area contributed by atoms with Crippen LogP contribution < -0.4 is 0 Å². The van der Waals surface area contributed by atoms with Crippen molar-refractivity contribution in [1.29, 1.82) is 0 Å². The lowest BCUT2D eigenvalue weighted by Crippen LogP contribution is -2.30. The van der Waals surface area contributed by atoms with Gasteiger partial charge in [-0.05, 0) is 34.6 Å². The SMILES string of the molecule is COCc1cncc2c1CCN(Cc1cccs1)C2. The van der Waals surface area contributed by atoms with E-state index in [4.69, 9.17) is 4.74 Å². The molecule has 0 saturated carbocycles. The average molecular weight is 274 g/mol. The van der Waals surface area contributed by atoms with Gasteiger partial charge in [0, 0.05) is 44.0 Å². The predicted molar refractivity (Wildman–Crippen MR) is 77.1 cm³/mol. The molecule has 3 nitrogen and oxygen atoms in total. The Balaban J connectivity index is 1.75. The summed E-state index contributed by atoms with van der Waals surface area (Å²) < 4.78 is 5.25. The molecule has 0 atom stereocenters. The van der Waals surface area contributed by atoms with E-state index in [9.17, 15) is 0 Å². The smallest absolute Gasteiger partial charge is 0.0730 e. The summed E-state index contributed by atoms with van der Waals surface area (Å²) in [5.74, 6) is 0. The summed E-state index contributed by atoms with van der Waals surface area (Å²) in [7, 11) is 1.74. The first-order chi connectivity index (χ1) is 9.36. The summed E-state index contributed by atoms with van der Waals surface area (Å²) in [6, 6.07) is 4.33. The second-order valence-electron chi connectivity index (χ2n) is 4.91. The van der Waals surface area contributed by atoms with Gasteiger partial charge in [-0.25, -0.2) is 0 Å². The van der Waals surface area contributed by atoms with Crippen LogP contribution in [-0.4, -0.2) is 23.5 Å². The van der Waals surface area contributed by atoms with Crippen molar-refractivity contribution in [3.8, 4) is 0 Å². The van der Waals surface area contributed by atoms with Gasteiger partial charge in [-0.15, -0.1) is 11.3 Å². The molecule has 3 rings (SSSR count). The van der Waals surface area contributed by atoms with Gasteiger partial charge in [0.15, 0.2) is 0 Å². The van der Waals surface area contributed by atoms with E-state index < -0.39 is 0 Å². The van der Waals surface area contributed by atoms with Crippen LogP contribution in [0.15, 0.2) is 29.9 Å². The van der Waals surface area contributed by atoms with Crippen LogP contribution in [0.4, 0.5) is 0 Å². The van der Waals surface area contributed by atoms with Crippen molar-refractivity contribution >= 4 is 11.3 Å². The van der Waals surface area contributed by atoms with Crippen LogP contribution in [0.3, 0.4) is 0 Å². The van der Waals surface area contributed by atoms with Gasteiger partial charge < -0.3 is 4.74 Å². The number of rotatable bonds is 4. The molecule has 3 heterocycles. The van der Waals surface area contributed by atoms with Gasteiger partial charge in [0.2, 0.25) is 0 Å². The average Bonchev–Trinajstić information content (AvgIpc) is 2.92. The predicted octanol–water partition coefficient (Wildman–Crippen LogP) is 2.85. The minimum Gasteiger partial charge on any atom is -0.380 e. The standard InChI is InChI=1S/C15H18N2OS/c1-18-11-13-8-16-7-12-9-17(5-4-15(12)13)10-14-3-2-6-19-14/h2-3,6-8H,4-5,9-11H2,1H3. The van der Waals surface area contributed by atoms with Crippen molar-refractivity contribution in [3.63, 3.8) is 0 Å². The van der Waals surface area contributed by atoms with Crippen molar-refractivity contribution in [2.45, 2.75) is 26.1 Å². The van der Waals surface area contributed by atoms with Crippen LogP contribution in [0.5, 0.6) is 0 Å². The maximum Gasteiger partial charge on any atom is 0.0730 e. The van der Waals surface area contributed by atoms with E-state index in [0.717, 1.165) is 26.1 Å². The first-order valence-electron chi connectivity index (χ1n) is 6.55. The van der Waals surface area contributed by atoms with E-state index in [1.165, 1.54) is 21.6 Å². The quantitative estimate of drug-likeness (QED) is 0.857. The highest BCUT2D eigenvalue weighted by Crippen LogP contribution is 2.24. The zero-order valence-electron chi connectivity index (χ0n) is 11.1. The molecule has 1 aliphatic rings. The molecule has 0 bridgehead atoms. The largest absolute Gasteiger partial charge is 0.380 e. The minimum absolute atomic E-state index is 0.668. The van der Waals surface area contributed by atoms with Gasteiger partial charge in [-0.2, -0.15) is 0 Å². The van der Waals surface area contributed by atoms with E-state index >= 15 is 0 Å². The van der Waals surface area contributed by atoms with Crippen LogP contribution in [-0.2, 0) is 30.9 Å². The Kier molecular flexibility index (Phi) is 3.92. The van der Waals surface area contributed by atoms with E-state index in [-0.39, 0.29) is 0 Å². The van der Waals surface area contributed by atoms with E-state index in [1.54, 1.807) is 7.11 Å². The molecule has 2 aromatic heterocycles. The number of aromatic nitrogens is 1. The fourth-order valence-electron chi connectivity index (χ4n) is 2.66. The van der Waals surface area contributed by atoms with E-state index in [1.807, 2.05) is 23.7 Å². The number of methoxy groups -OCH3 is 1. The lowest BCUT2D eigenvalue weighted by atomic mass is 9.97. The van der Waals surface area contributed by atoms with Crippen LogP contribution >= 0.6 is 11.3 Å². The third-order valence-electron chi connectivity index (χ3n) is 3.57. The Morgan fingerprint density at radius 3 is 3.16 bits per heavy atom. The lowest BCUT2D eigenvalue weighted by molar-refractivity contribution is 0.181.